The van der Waals surface area contributed by atoms with E-state index in [-0.39, 0.29) is 1.43 Å². The maximum absolute atomic E-state index is 4.08. The molecule has 4 nitrogen and oxygen atoms in total. The molecule has 4 heteroatoms. The van der Waals surface area contributed by atoms with Gasteiger partial charge in [-0.05, 0) is 6.92 Å². The number of hydrogen-bond donors (Lipinski definition) is 3. The van der Waals surface area contributed by atoms with E-state index in [2.05, 4.69) is 75.9 Å². The molecule has 0 atom stereocenters. The van der Waals surface area contributed by atoms with Crippen LogP contribution in [0.1, 0.15) is 19.6 Å². The Morgan fingerprint density at radius 2 is 1.68 bits per heavy atom. The molecule has 1 aromatic heterocycles. The molecule has 4 rings (SSSR count). The number of rotatable bonds is 3. The maximum Gasteiger partial charge on any atom is 0.0921 e. The van der Waals surface area contributed by atoms with Crippen molar-refractivity contribution in [1.82, 2.24) is 20.8 Å². The molecule has 2 heterocycles. The topological polar surface area (TPSA) is 52.7 Å². The quantitative estimate of drug-likeness (QED) is 0.646. The van der Waals surface area contributed by atoms with Crippen molar-refractivity contribution in [3.63, 3.8) is 0 Å². The Labute approximate surface area is 149 Å². The average Bonchev–Trinajstić information content (AvgIpc) is 3.17. The number of hydrogen-bond acceptors (Lipinski definition) is 3. The van der Waals surface area contributed by atoms with E-state index in [1.165, 1.54) is 16.0 Å². The number of H-pyrrole nitrogens is 1. The zero-order valence-corrected chi connectivity index (χ0v) is 14.3. The van der Waals surface area contributed by atoms with Crippen LogP contribution in [-0.4, -0.2) is 9.97 Å². The van der Waals surface area contributed by atoms with Gasteiger partial charge in [-0.1, -0.05) is 60.7 Å². The first kappa shape index (κ1) is 16.6. The minimum atomic E-state index is 0. The highest BCUT2D eigenvalue weighted by Crippen LogP contribution is 2.09. The third kappa shape index (κ3) is 3.80. The van der Waals surface area contributed by atoms with Gasteiger partial charge in [-0.25, -0.2) is 4.98 Å². The Morgan fingerprint density at radius 3 is 2.36 bits per heavy atom. The highest BCUT2D eigenvalue weighted by atomic mass is 15.4. The highest BCUT2D eigenvalue weighted by Gasteiger charge is 2.11. The van der Waals surface area contributed by atoms with E-state index in [4.69, 9.17) is 0 Å². The molecule has 128 valence electrons. The van der Waals surface area contributed by atoms with Gasteiger partial charge in [-0.3, -0.25) is 5.43 Å². The summed E-state index contributed by atoms with van der Waals surface area (Å²) in [4.78, 5) is 7.24. The molecule has 0 saturated carbocycles. The lowest BCUT2D eigenvalue weighted by molar-refractivity contribution is 0.769. The fraction of sp³-hybridized carbons (Fsp3) is 0.0952. The van der Waals surface area contributed by atoms with Crippen molar-refractivity contribution in [2.45, 2.75) is 13.3 Å². The second kappa shape index (κ2) is 8.02. The lowest BCUT2D eigenvalue weighted by atomic mass is 10.0. The number of nitrogens with zero attached hydrogens (tertiary/aromatic N) is 1. The summed E-state index contributed by atoms with van der Waals surface area (Å²) in [5.41, 5.74) is 11.2. The van der Waals surface area contributed by atoms with Crippen molar-refractivity contribution in [3.05, 3.63) is 101 Å². The Hall–Kier alpha value is -3.27. The molecule has 25 heavy (non-hydrogen) atoms. The molecule has 1 aliphatic rings. The van der Waals surface area contributed by atoms with E-state index < -0.39 is 0 Å². The summed E-state index contributed by atoms with van der Waals surface area (Å²) < 4.78 is 0. The first-order valence-corrected chi connectivity index (χ1v) is 8.27. The zero-order valence-electron chi connectivity index (χ0n) is 14.3. The van der Waals surface area contributed by atoms with Crippen molar-refractivity contribution in [2.24, 2.45) is 0 Å². The third-order valence-electron chi connectivity index (χ3n) is 3.84. The first-order valence-electron chi connectivity index (χ1n) is 8.27. The van der Waals surface area contributed by atoms with E-state index in [1.807, 2.05) is 19.2 Å². The number of allylic oxidation sites excluding steroid dienone is 1. The fourth-order valence-corrected chi connectivity index (χ4v) is 2.78. The predicted octanol–water partition coefficient (Wildman–Crippen LogP) is 2.46. The van der Waals surface area contributed by atoms with E-state index in [9.17, 15) is 0 Å². The number of hydrazine groups is 1. The molecule has 3 N–H and O–H groups in total. The van der Waals surface area contributed by atoms with Crippen molar-refractivity contribution in [3.8, 4) is 0 Å². The van der Waals surface area contributed by atoms with Crippen LogP contribution in [0.15, 0.2) is 79.8 Å². The number of benzene rings is 2. The van der Waals surface area contributed by atoms with Crippen molar-refractivity contribution < 1.29 is 1.43 Å². The molecule has 0 radical (unpaired) electrons. The summed E-state index contributed by atoms with van der Waals surface area (Å²) in [6.45, 7) is 5.25. The van der Waals surface area contributed by atoms with E-state index in [1.54, 1.807) is 12.4 Å². The van der Waals surface area contributed by atoms with Crippen LogP contribution in [0.4, 0.5) is 0 Å². The summed E-state index contributed by atoms with van der Waals surface area (Å²) >= 11 is 0. The van der Waals surface area contributed by atoms with Gasteiger partial charge in [0.2, 0.25) is 0 Å². The summed E-state index contributed by atoms with van der Waals surface area (Å²) in [6, 6.07) is 18.8. The van der Waals surface area contributed by atoms with Crippen molar-refractivity contribution in [2.75, 3.05) is 0 Å². The zero-order chi connectivity index (χ0) is 17.5. The minimum Gasteiger partial charge on any atom is -0.348 e. The SMILES string of the molecule is C=CC.[HH].c1ccc(C2=c3ccccc3=C(Cc3cnc[nH]3)NN2)cc1. The van der Waals surface area contributed by atoms with Gasteiger partial charge in [-0.15, -0.1) is 6.58 Å². The Kier molecular flexibility index (Phi) is 5.32. The summed E-state index contributed by atoms with van der Waals surface area (Å²) in [5, 5.41) is 2.43. The molecule has 0 spiro atoms. The number of aromatic amines is 1. The van der Waals surface area contributed by atoms with Crippen molar-refractivity contribution >= 4 is 11.4 Å². The number of fused-ring (bicyclic) bond motifs is 1. The van der Waals surface area contributed by atoms with Gasteiger partial charge >= 0.3 is 0 Å². The monoisotopic (exact) mass is 332 g/mol. The van der Waals surface area contributed by atoms with Crippen LogP contribution < -0.4 is 21.3 Å². The molecule has 0 fully saturated rings. The Morgan fingerprint density at radius 1 is 1.00 bits per heavy atom. The van der Waals surface area contributed by atoms with Gasteiger partial charge < -0.3 is 10.4 Å². The predicted molar refractivity (Wildman–Crippen MR) is 105 cm³/mol. The van der Waals surface area contributed by atoms with Crippen LogP contribution in [0.5, 0.6) is 0 Å². The number of nitrogens with one attached hydrogen (secondary N) is 3. The van der Waals surface area contributed by atoms with E-state index in [0.717, 1.165) is 23.5 Å². The lowest BCUT2D eigenvalue weighted by Crippen LogP contribution is -2.47. The molecule has 0 aliphatic carbocycles. The fourth-order valence-electron chi connectivity index (χ4n) is 2.78. The summed E-state index contributed by atoms with van der Waals surface area (Å²) in [5.74, 6) is 0. The van der Waals surface area contributed by atoms with Gasteiger partial charge in [0.15, 0.2) is 0 Å². The van der Waals surface area contributed by atoms with Crippen LogP contribution in [0.2, 0.25) is 0 Å². The molecule has 1 aliphatic heterocycles. The second-order valence-electron chi connectivity index (χ2n) is 5.68. The number of imidazole rings is 1. The van der Waals surface area contributed by atoms with Gasteiger partial charge in [0, 0.05) is 41.4 Å². The third-order valence-corrected chi connectivity index (χ3v) is 3.84. The molecule has 3 aromatic rings. The number of aromatic nitrogens is 2. The molecule has 0 unspecified atom stereocenters. The van der Waals surface area contributed by atoms with E-state index >= 15 is 0 Å². The largest absolute Gasteiger partial charge is 0.348 e. The average molecular weight is 332 g/mol. The molecular weight excluding hydrogens is 308 g/mol. The van der Waals surface area contributed by atoms with Gasteiger partial charge in [0.1, 0.15) is 0 Å². The maximum atomic E-state index is 4.08. The second-order valence-corrected chi connectivity index (χ2v) is 5.68. The van der Waals surface area contributed by atoms with Gasteiger partial charge in [0.05, 0.1) is 12.0 Å². The smallest absolute Gasteiger partial charge is 0.0921 e. The summed E-state index contributed by atoms with van der Waals surface area (Å²) in [7, 11) is 0. The van der Waals surface area contributed by atoms with Gasteiger partial charge in [-0.2, -0.15) is 0 Å². The Bertz CT molecular complexity index is 947. The molecule has 0 saturated heterocycles. The van der Waals surface area contributed by atoms with Gasteiger partial charge in [0.25, 0.3) is 0 Å². The minimum absolute atomic E-state index is 0. The van der Waals surface area contributed by atoms with Crippen LogP contribution >= 0.6 is 0 Å². The highest BCUT2D eigenvalue weighted by molar-refractivity contribution is 5.67. The van der Waals surface area contributed by atoms with Crippen molar-refractivity contribution in [1.29, 1.82) is 0 Å². The first-order chi connectivity index (χ1) is 12.3. The standard InChI is InChI=1S/C18H16N4.C3H6.H2/c1-2-6-13(7-3-1)18-16-9-5-4-8-15(16)17(21-22-18)10-14-11-19-12-20-14;1-3-2;/h1-9,11-12,21-22H,10H2,(H,19,20);3H,1H2,2H3;1H. The van der Waals surface area contributed by atoms with Crippen LogP contribution in [0.3, 0.4) is 0 Å². The molecule has 0 amide bonds. The molecular formula is C21H24N4. The lowest BCUT2D eigenvalue weighted by Gasteiger charge is -2.21. The van der Waals surface area contributed by atoms with Crippen LogP contribution in [-0.2, 0) is 6.42 Å². The molecule has 0 bridgehead atoms. The van der Waals surface area contributed by atoms with Crippen LogP contribution in [0.25, 0.3) is 11.4 Å². The normalized spacial score (nSPS) is 12.2. The Balaban J connectivity index is 0.000000570. The van der Waals surface area contributed by atoms with Crippen LogP contribution in [0, 0.1) is 0 Å². The molecule has 2 aromatic carbocycles. The summed E-state index contributed by atoms with van der Waals surface area (Å²) in [6.07, 6.45) is 6.10. The van der Waals surface area contributed by atoms with E-state index in [0.29, 0.717) is 0 Å².